The number of ether oxygens (including phenoxy) is 1. The number of piperazine rings is 1. The van der Waals surface area contributed by atoms with Gasteiger partial charge in [-0.15, -0.1) is 0 Å². The third-order valence-electron chi connectivity index (χ3n) is 5.74. The van der Waals surface area contributed by atoms with Crippen LogP contribution in [0.1, 0.15) is 39.2 Å². The standard InChI is InChI=1S/C21H29FN4O2/c1-20(2,3)28-19(27)25-10-11-26-15(13-25)12-23-18(26)24-14-21(8-9-21)16-6-4-5-7-17(16)22/h4-7,15H,8-14H2,1-3H3,(H,23,24). The van der Waals surface area contributed by atoms with E-state index >= 15 is 0 Å². The van der Waals surface area contributed by atoms with Crippen LogP contribution in [0.25, 0.3) is 0 Å². The minimum atomic E-state index is -0.488. The molecule has 0 aromatic heterocycles. The molecule has 2 aliphatic heterocycles. The summed E-state index contributed by atoms with van der Waals surface area (Å²) in [7, 11) is 0. The Morgan fingerprint density at radius 3 is 2.75 bits per heavy atom. The van der Waals surface area contributed by atoms with Crippen LogP contribution in [-0.4, -0.2) is 66.2 Å². The van der Waals surface area contributed by atoms with Crippen LogP contribution in [0.3, 0.4) is 0 Å². The predicted molar refractivity (Wildman–Crippen MR) is 106 cm³/mol. The van der Waals surface area contributed by atoms with Gasteiger partial charge in [-0.3, -0.25) is 4.99 Å². The molecule has 1 amide bonds. The zero-order chi connectivity index (χ0) is 19.9. The Morgan fingerprint density at radius 2 is 2.07 bits per heavy atom. The molecule has 2 heterocycles. The molecule has 6 nitrogen and oxygen atoms in total. The minimum Gasteiger partial charge on any atom is -0.444 e. The number of nitrogens with one attached hydrogen (secondary N) is 1. The van der Waals surface area contributed by atoms with Gasteiger partial charge in [0.25, 0.3) is 0 Å². The Bertz CT molecular complexity index is 785. The third-order valence-corrected chi connectivity index (χ3v) is 5.74. The lowest BCUT2D eigenvalue weighted by molar-refractivity contribution is 0.0137. The lowest BCUT2D eigenvalue weighted by Crippen LogP contribution is -2.58. The van der Waals surface area contributed by atoms with E-state index in [9.17, 15) is 9.18 Å². The van der Waals surface area contributed by atoms with Gasteiger partial charge in [-0.2, -0.15) is 0 Å². The van der Waals surface area contributed by atoms with Crippen molar-refractivity contribution in [3.63, 3.8) is 0 Å². The van der Waals surface area contributed by atoms with E-state index in [1.807, 2.05) is 32.9 Å². The Labute approximate surface area is 165 Å². The molecule has 4 rings (SSSR count). The van der Waals surface area contributed by atoms with Crippen LogP contribution in [-0.2, 0) is 10.2 Å². The predicted octanol–water partition coefficient (Wildman–Crippen LogP) is 2.74. The van der Waals surface area contributed by atoms with Crippen LogP contribution in [0, 0.1) is 5.82 Å². The number of fused-ring (bicyclic) bond motifs is 1. The highest BCUT2D eigenvalue weighted by Gasteiger charge is 2.46. The summed E-state index contributed by atoms with van der Waals surface area (Å²) in [6.45, 7) is 8.94. The van der Waals surface area contributed by atoms with Crippen molar-refractivity contribution in [2.24, 2.45) is 4.99 Å². The van der Waals surface area contributed by atoms with Crippen molar-refractivity contribution in [1.82, 2.24) is 15.1 Å². The summed E-state index contributed by atoms with van der Waals surface area (Å²) < 4.78 is 19.7. The Hall–Kier alpha value is -2.31. The molecule has 1 saturated carbocycles. The molecular weight excluding hydrogens is 359 g/mol. The number of hydrogen-bond acceptors (Lipinski definition) is 5. The number of hydrogen-bond donors (Lipinski definition) is 1. The Morgan fingerprint density at radius 1 is 1.32 bits per heavy atom. The van der Waals surface area contributed by atoms with E-state index in [4.69, 9.17) is 4.74 Å². The lowest BCUT2D eigenvalue weighted by Gasteiger charge is -2.39. The van der Waals surface area contributed by atoms with Crippen LogP contribution in [0.5, 0.6) is 0 Å². The molecule has 152 valence electrons. The van der Waals surface area contributed by atoms with Crippen LogP contribution in [0.4, 0.5) is 9.18 Å². The highest BCUT2D eigenvalue weighted by molar-refractivity contribution is 5.82. The molecule has 1 aromatic carbocycles. The van der Waals surface area contributed by atoms with Gasteiger partial charge >= 0.3 is 6.09 Å². The maximum atomic E-state index is 14.2. The van der Waals surface area contributed by atoms with Gasteiger partial charge in [-0.1, -0.05) is 18.2 Å². The fourth-order valence-corrected chi connectivity index (χ4v) is 4.05. The van der Waals surface area contributed by atoms with Gasteiger partial charge in [0, 0.05) is 31.6 Å². The van der Waals surface area contributed by atoms with E-state index in [1.165, 1.54) is 6.07 Å². The number of aliphatic imine (C=N–C) groups is 1. The SMILES string of the molecule is CC(C)(C)OC(=O)N1CCN2C(NCC3(c4ccccc4F)CC3)=NCC2C1. The summed E-state index contributed by atoms with van der Waals surface area (Å²) in [5.41, 5.74) is 0.190. The van der Waals surface area contributed by atoms with E-state index in [0.717, 1.165) is 30.9 Å². The average molecular weight is 388 g/mol. The monoisotopic (exact) mass is 388 g/mol. The second-order valence-corrected chi connectivity index (χ2v) is 9.05. The van der Waals surface area contributed by atoms with E-state index in [0.29, 0.717) is 26.2 Å². The van der Waals surface area contributed by atoms with Gasteiger partial charge in [-0.25, -0.2) is 9.18 Å². The molecule has 0 spiro atoms. The summed E-state index contributed by atoms with van der Waals surface area (Å²) in [5.74, 6) is 0.746. The van der Waals surface area contributed by atoms with Crippen molar-refractivity contribution in [3.8, 4) is 0 Å². The lowest BCUT2D eigenvalue weighted by atomic mass is 9.95. The van der Waals surface area contributed by atoms with Gasteiger partial charge in [0.2, 0.25) is 0 Å². The second kappa shape index (κ2) is 6.94. The molecule has 1 unspecified atom stereocenters. The number of benzene rings is 1. The van der Waals surface area contributed by atoms with Crippen molar-refractivity contribution in [2.45, 2.75) is 50.7 Å². The van der Waals surface area contributed by atoms with Gasteiger partial charge in [0.1, 0.15) is 11.4 Å². The average Bonchev–Trinajstić information content (AvgIpc) is 3.31. The van der Waals surface area contributed by atoms with Gasteiger partial charge in [0.05, 0.1) is 12.6 Å². The number of carbonyl (C=O) groups is 1. The summed E-state index contributed by atoms with van der Waals surface area (Å²) in [5, 5.41) is 3.47. The quantitative estimate of drug-likeness (QED) is 0.865. The molecule has 28 heavy (non-hydrogen) atoms. The largest absolute Gasteiger partial charge is 0.444 e. The normalized spacial score (nSPS) is 23.1. The van der Waals surface area contributed by atoms with E-state index in [-0.39, 0.29) is 23.4 Å². The maximum absolute atomic E-state index is 14.2. The van der Waals surface area contributed by atoms with Crippen molar-refractivity contribution in [3.05, 3.63) is 35.6 Å². The molecule has 3 aliphatic rings. The number of halogens is 1. The van der Waals surface area contributed by atoms with Gasteiger partial charge in [-0.05, 0) is 45.2 Å². The first kappa shape index (κ1) is 19.0. The van der Waals surface area contributed by atoms with Crippen molar-refractivity contribution >= 4 is 12.1 Å². The molecule has 0 radical (unpaired) electrons. The second-order valence-electron chi connectivity index (χ2n) is 9.05. The van der Waals surface area contributed by atoms with Crippen molar-refractivity contribution < 1.29 is 13.9 Å². The molecule has 2 fully saturated rings. The molecular formula is C21H29FN4O2. The number of nitrogens with zero attached hydrogens (tertiary/aromatic N) is 3. The van der Waals surface area contributed by atoms with Crippen molar-refractivity contribution in [2.75, 3.05) is 32.7 Å². The van der Waals surface area contributed by atoms with E-state index in [1.54, 1.807) is 11.0 Å². The molecule has 1 aliphatic carbocycles. The van der Waals surface area contributed by atoms with E-state index < -0.39 is 5.60 Å². The topological polar surface area (TPSA) is 57.2 Å². The molecule has 0 bridgehead atoms. The summed E-state index contributed by atoms with van der Waals surface area (Å²) in [6, 6.07) is 7.24. The highest BCUT2D eigenvalue weighted by atomic mass is 19.1. The first-order valence-corrected chi connectivity index (χ1v) is 10.1. The molecule has 7 heteroatoms. The van der Waals surface area contributed by atoms with Crippen molar-refractivity contribution in [1.29, 1.82) is 0 Å². The minimum absolute atomic E-state index is 0.121. The van der Waals surface area contributed by atoms with Crippen LogP contribution in [0.2, 0.25) is 0 Å². The molecule has 1 aromatic rings. The van der Waals surface area contributed by atoms with Crippen LogP contribution >= 0.6 is 0 Å². The smallest absolute Gasteiger partial charge is 0.410 e. The first-order chi connectivity index (χ1) is 13.3. The summed E-state index contributed by atoms with van der Waals surface area (Å²) >= 11 is 0. The third kappa shape index (κ3) is 3.80. The number of amides is 1. The molecule has 1 atom stereocenters. The number of rotatable bonds is 3. The first-order valence-electron chi connectivity index (χ1n) is 10.1. The Kier molecular flexibility index (Phi) is 4.71. The van der Waals surface area contributed by atoms with Gasteiger partial charge < -0.3 is 19.9 Å². The summed E-state index contributed by atoms with van der Waals surface area (Å²) in [6.07, 6.45) is 1.72. The maximum Gasteiger partial charge on any atom is 0.410 e. The number of carbonyl (C=O) groups excluding carboxylic acids is 1. The van der Waals surface area contributed by atoms with E-state index in [2.05, 4.69) is 15.2 Å². The zero-order valence-corrected chi connectivity index (χ0v) is 16.9. The van der Waals surface area contributed by atoms with Crippen LogP contribution < -0.4 is 5.32 Å². The Balaban J connectivity index is 1.33. The highest BCUT2D eigenvalue weighted by Crippen LogP contribution is 2.48. The molecule has 1 saturated heterocycles. The fraction of sp³-hybridized carbons (Fsp3) is 0.619. The summed E-state index contributed by atoms with van der Waals surface area (Å²) in [4.78, 5) is 21.0. The number of guanidine groups is 1. The molecule has 1 N–H and O–H groups in total. The fourth-order valence-electron chi connectivity index (χ4n) is 4.05. The van der Waals surface area contributed by atoms with Crippen LogP contribution in [0.15, 0.2) is 29.3 Å². The van der Waals surface area contributed by atoms with Gasteiger partial charge in [0.15, 0.2) is 5.96 Å². The zero-order valence-electron chi connectivity index (χ0n) is 16.9.